The third kappa shape index (κ3) is 4.23. The van der Waals surface area contributed by atoms with Gasteiger partial charge in [0.25, 0.3) is 0 Å². The van der Waals surface area contributed by atoms with Crippen LogP contribution in [0.2, 0.25) is 5.02 Å². The van der Waals surface area contributed by atoms with E-state index in [0.29, 0.717) is 22.8 Å². The van der Waals surface area contributed by atoms with Crippen LogP contribution in [0.4, 0.5) is 0 Å². The van der Waals surface area contributed by atoms with Gasteiger partial charge >= 0.3 is 0 Å². The van der Waals surface area contributed by atoms with Crippen LogP contribution in [-0.2, 0) is 14.3 Å². The van der Waals surface area contributed by atoms with E-state index in [1.807, 2.05) is 45.9 Å². The normalized spacial score (nSPS) is 17.9. The van der Waals surface area contributed by atoms with Gasteiger partial charge in [-0.1, -0.05) is 30.7 Å². The summed E-state index contributed by atoms with van der Waals surface area (Å²) in [5.41, 5.74) is 2.01. The molecule has 158 valence electrons. The first-order valence-electron chi connectivity index (χ1n) is 10.1. The Morgan fingerprint density at radius 1 is 1.10 bits per heavy atom. The maximum Gasteiger partial charge on any atom is 0.194 e. The van der Waals surface area contributed by atoms with Crippen LogP contribution in [-0.4, -0.2) is 32.7 Å². The first-order valence-corrected chi connectivity index (χ1v) is 10.4. The SMILES string of the molecule is CCC(=O)CC1=C(c2cc(-c3ncc(Cl)cn3)ccc2C)C(=O)C(C)(C)OC1(C)C. The molecule has 1 aliphatic heterocycles. The number of Topliss-reactive ketones (excluding diaryl/α,β-unsaturated/α-hetero) is 2. The van der Waals surface area contributed by atoms with Gasteiger partial charge in [-0.05, 0) is 57.4 Å². The number of ether oxygens (including phenoxy) is 1. The van der Waals surface area contributed by atoms with Gasteiger partial charge in [-0.25, -0.2) is 9.97 Å². The zero-order valence-electron chi connectivity index (χ0n) is 18.3. The zero-order valence-corrected chi connectivity index (χ0v) is 19.1. The lowest BCUT2D eigenvalue weighted by molar-refractivity contribution is -0.153. The average Bonchev–Trinajstić information content (AvgIpc) is 2.67. The van der Waals surface area contributed by atoms with E-state index in [2.05, 4.69) is 9.97 Å². The first kappa shape index (κ1) is 22.3. The maximum absolute atomic E-state index is 13.5. The molecule has 0 bridgehead atoms. The molecule has 1 aliphatic rings. The number of hydrogen-bond donors (Lipinski definition) is 0. The minimum absolute atomic E-state index is 0.0709. The monoisotopic (exact) mass is 426 g/mol. The average molecular weight is 427 g/mol. The number of halogens is 1. The summed E-state index contributed by atoms with van der Waals surface area (Å²) in [7, 11) is 0. The second-order valence-corrected chi connectivity index (χ2v) is 9.07. The van der Waals surface area contributed by atoms with Crippen LogP contribution in [0.1, 0.15) is 58.6 Å². The van der Waals surface area contributed by atoms with Crippen molar-refractivity contribution in [2.24, 2.45) is 0 Å². The van der Waals surface area contributed by atoms with E-state index in [1.54, 1.807) is 26.2 Å². The van der Waals surface area contributed by atoms with Gasteiger partial charge < -0.3 is 4.74 Å². The molecular formula is C24H27ClN2O3. The summed E-state index contributed by atoms with van der Waals surface area (Å²) in [5, 5.41) is 0.456. The minimum Gasteiger partial charge on any atom is -0.357 e. The van der Waals surface area contributed by atoms with Gasteiger partial charge in [-0.2, -0.15) is 0 Å². The molecule has 5 nitrogen and oxygen atoms in total. The predicted octanol–water partition coefficient (Wildman–Crippen LogP) is 5.38. The molecule has 0 radical (unpaired) electrons. The second kappa shape index (κ2) is 8.05. The molecule has 0 unspecified atom stereocenters. The molecule has 2 aromatic rings. The van der Waals surface area contributed by atoms with Crippen molar-refractivity contribution >= 4 is 28.7 Å². The number of rotatable bonds is 5. The maximum atomic E-state index is 13.5. The van der Waals surface area contributed by atoms with Crippen LogP contribution < -0.4 is 0 Å². The Hall–Kier alpha value is -2.37. The highest BCUT2D eigenvalue weighted by atomic mass is 35.5. The topological polar surface area (TPSA) is 69.2 Å². The van der Waals surface area contributed by atoms with E-state index in [0.717, 1.165) is 22.3 Å². The van der Waals surface area contributed by atoms with Gasteiger partial charge in [0.15, 0.2) is 11.6 Å². The van der Waals surface area contributed by atoms with Gasteiger partial charge in [-0.3, -0.25) is 9.59 Å². The van der Waals surface area contributed by atoms with Crippen LogP contribution >= 0.6 is 11.6 Å². The van der Waals surface area contributed by atoms with Crippen molar-refractivity contribution < 1.29 is 14.3 Å². The van der Waals surface area contributed by atoms with Gasteiger partial charge in [0.05, 0.1) is 10.6 Å². The number of ketones is 2. The van der Waals surface area contributed by atoms with Crippen molar-refractivity contribution in [1.82, 2.24) is 9.97 Å². The lowest BCUT2D eigenvalue weighted by Crippen LogP contribution is -2.49. The molecule has 0 saturated heterocycles. The van der Waals surface area contributed by atoms with Gasteiger partial charge in [-0.15, -0.1) is 0 Å². The predicted molar refractivity (Wildman–Crippen MR) is 118 cm³/mol. The number of benzene rings is 1. The highest BCUT2D eigenvalue weighted by Crippen LogP contribution is 2.44. The number of nitrogens with zero attached hydrogens (tertiary/aromatic N) is 2. The van der Waals surface area contributed by atoms with Crippen LogP contribution in [0.25, 0.3) is 17.0 Å². The summed E-state index contributed by atoms with van der Waals surface area (Å²) in [5.74, 6) is 0.463. The fourth-order valence-corrected chi connectivity index (χ4v) is 3.98. The highest BCUT2D eigenvalue weighted by Gasteiger charge is 2.46. The highest BCUT2D eigenvalue weighted by molar-refractivity contribution is 6.30. The summed E-state index contributed by atoms with van der Waals surface area (Å²) in [6.07, 6.45) is 3.67. The smallest absolute Gasteiger partial charge is 0.194 e. The summed E-state index contributed by atoms with van der Waals surface area (Å²) < 4.78 is 6.15. The second-order valence-electron chi connectivity index (χ2n) is 8.63. The van der Waals surface area contributed by atoms with E-state index in [9.17, 15) is 9.59 Å². The third-order valence-corrected chi connectivity index (χ3v) is 5.66. The van der Waals surface area contributed by atoms with Crippen molar-refractivity contribution in [1.29, 1.82) is 0 Å². The third-order valence-electron chi connectivity index (χ3n) is 5.47. The van der Waals surface area contributed by atoms with E-state index < -0.39 is 11.2 Å². The Labute approximate surface area is 182 Å². The van der Waals surface area contributed by atoms with Crippen LogP contribution in [0.3, 0.4) is 0 Å². The molecular weight excluding hydrogens is 400 g/mol. The molecule has 0 saturated carbocycles. The summed E-state index contributed by atoms with van der Waals surface area (Å²) in [4.78, 5) is 34.5. The molecule has 0 fully saturated rings. The lowest BCUT2D eigenvalue weighted by atomic mass is 9.76. The van der Waals surface area contributed by atoms with Crippen molar-refractivity contribution in [3.63, 3.8) is 0 Å². The molecule has 0 spiro atoms. The molecule has 6 heteroatoms. The number of carbonyl (C=O) groups excluding carboxylic acids is 2. The fourth-order valence-electron chi connectivity index (χ4n) is 3.89. The van der Waals surface area contributed by atoms with E-state index >= 15 is 0 Å². The van der Waals surface area contributed by atoms with Crippen LogP contribution in [0.15, 0.2) is 36.2 Å². The van der Waals surface area contributed by atoms with Gasteiger partial charge in [0.2, 0.25) is 0 Å². The Kier molecular flexibility index (Phi) is 5.99. The number of aryl methyl sites for hydroxylation is 1. The summed E-state index contributed by atoms with van der Waals surface area (Å²) in [6, 6.07) is 5.77. The van der Waals surface area contributed by atoms with Gasteiger partial charge in [0.1, 0.15) is 11.4 Å². The summed E-state index contributed by atoms with van der Waals surface area (Å²) >= 11 is 5.92. The molecule has 0 N–H and O–H groups in total. The number of hydrogen-bond acceptors (Lipinski definition) is 5. The molecule has 0 aliphatic carbocycles. The molecule has 3 rings (SSSR count). The lowest BCUT2D eigenvalue weighted by Gasteiger charge is -2.43. The van der Waals surface area contributed by atoms with E-state index in [1.165, 1.54) is 0 Å². The standard InChI is InChI=1S/C24H27ClN2O3/c1-7-17(28)11-19-20(21(29)24(5,6)30-23(19,3)4)18-10-15(9-8-14(18)2)22-26-12-16(25)13-27-22/h8-10,12-13H,7,11H2,1-6H3. The van der Waals surface area contributed by atoms with Crippen LogP contribution in [0.5, 0.6) is 0 Å². The zero-order chi connectivity index (χ0) is 22.3. The quantitative estimate of drug-likeness (QED) is 0.641. The first-order chi connectivity index (χ1) is 14.0. The van der Waals surface area contributed by atoms with Gasteiger partial charge in [0, 0.05) is 36.4 Å². The number of aromatic nitrogens is 2. The van der Waals surface area contributed by atoms with Crippen LogP contribution in [0, 0.1) is 6.92 Å². The molecule has 0 amide bonds. The molecule has 1 aromatic carbocycles. The fraction of sp³-hybridized carbons (Fsp3) is 0.417. The largest absolute Gasteiger partial charge is 0.357 e. The van der Waals surface area contributed by atoms with Crippen molar-refractivity contribution in [3.8, 4) is 11.4 Å². The number of carbonyl (C=O) groups is 2. The Morgan fingerprint density at radius 2 is 1.73 bits per heavy atom. The Bertz CT molecular complexity index is 1040. The Morgan fingerprint density at radius 3 is 2.33 bits per heavy atom. The Balaban J connectivity index is 2.27. The molecule has 1 aromatic heterocycles. The minimum atomic E-state index is -1.00. The summed E-state index contributed by atoms with van der Waals surface area (Å²) in [6.45, 7) is 11.2. The van der Waals surface area contributed by atoms with Crippen molar-refractivity contribution in [3.05, 3.63) is 52.3 Å². The molecule has 2 heterocycles. The van der Waals surface area contributed by atoms with Crippen molar-refractivity contribution in [2.75, 3.05) is 0 Å². The van der Waals surface area contributed by atoms with Crippen molar-refractivity contribution in [2.45, 2.75) is 65.6 Å². The van der Waals surface area contributed by atoms with E-state index in [4.69, 9.17) is 16.3 Å². The molecule has 30 heavy (non-hydrogen) atoms. The molecule has 0 atom stereocenters. The van der Waals surface area contributed by atoms with E-state index in [-0.39, 0.29) is 18.0 Å².